The van der Waals surface area contributed by atoms with Crippen LogP contribution in [0.15, 0.2) is 18.2 Å². The van der Waals surface area contributed by atoms with E-state index in [1.165, 1.54) is 0 Å². The number of likely N-dealkylation sites (N-methyl/N-ethyl adjacent to an activating group) is 1. The molecule has 1 amide bonds. The highest BCUT2D eigenvalue weighted by Crippen LogP contribution is 2.26. The lowest BCUT2D eigenvalue weighted by Gasteiger charge is -2.26. The van der Waals surface area contributed by atoms with Crippen LogP contribution >= 0.6 is 0 Å². The molecule has 23 heavy (non-hydrogen) atoms. The van der Waals surface area contributed by atoms with Gasteiger partial charge in [-0.1, -0.05) is 11.6 Å². The van der Waals surface area contributed by atoms with Gasteiger partial charge in [0, 0.05) is 25.5 Å². The topological polar surface area (TPSA) is 61.6 Å². The lowest BCUT2D eigenvalue weighted by atomic mass is 10.0. The summed E-state index contributed by atoms with van der Waals surface area (Å²) in [6.07, 6.45) is 0.598. The normalized spacial score (nSPS) is 21.6. The van der Waals surface area contributed by atoms with E-state index in [2.05, 4.69) is 5.10 Å². The predicted octanol–water partition coefficient (Wildman–Crippen LogP) is 1.02. The maximum absolute atomic E-state index is 12.9. The van der Waals surface area contributed by atoms with Gasteiger partial charge in [0.1, 0.15) is 0 Å². The van der Waals surface area contributed by atoms with Crippen molar-refractivity contribution in [2.75, 3.05) is 33.7 Å². The van der Waals surface area contributed by atoms with Gasteiger partial charge < -0.3 is 14.9 Å². The molecule has 1 aliphatic heterocycles. The van der Waals surface area contributed by atoms with Gasteiger partial charge >= 0.3 is 0 Å². The number of β-amino-alcohol motifs (C(OH)–C–C–N with tert-alkyl or cyclic N) is 1. The van der Waals surface area contributed by atoms with Crippen LogP contribution < -0.4 is 0 Å². The van der Waals surface area contributed by atoms with Gasteiger partial charge in [-0.05, 0) is 39.6 Å². The zero-order valence-corrected chi connectivity index (χ0v) is 14.2. The van der Waals surface area contributed by atoms with Gasteiger partial charge in [0.05, 0.1) is 17.7 Å². The quantitative estimate of drug-likeness (QED) is 0.918. The minimum absolute atomic E-state index is 0.101. The Labute approximate surface area is 136 Å². The van der Waals surface area contributed by atoms with Gasteiger partial charge in [-0.2, -0.15) is 5.10 Å². The van der Waals surface area contributed by atoms with Crippen molar-refractivity contribution in [1.82, 2.24) is 19.6 Å². The summed E-state index contributed by atoms with van der Waals surface area (Å²) in [5.41, 5.74) is 1.69. The first kappa shape index (κ1) is 16.0. The highest BCUT2D eigenvalue weighted by Gasteiger charge is 2.39. The van der Waals surface area contributed by atoms with Crippen molar-refractivity contribution in [1.29, 1.82) is 0 Å². The number of fused-ring (bicyclic) bond motifs is 1. The third-order valence-corrected chi connectivity index (χ3v) is 4.44. The molecule has 6 heteroatoms. The molecule has 0 saturated carbocycles. The number of hydrogen-bond acceptors (Lipinski definition) is 4. The molecular weight excluding hydrogens is 292 g/mol. The lowest BCUT2D eigenvalue weighted by molar-refractivity contribution is 0.0235. The maximum Gasteiger partial charge on any atom is 0.275 e. The molecule has 0 radical (unpaired) electrons. The summed E-state index contributed by atoms with van der Waals surface area (Å²) in [5.74, 6) is -0.101. The van der Waals surface area contributed by atoms with Crippen LogP contribution in [0.5, 0.6) is 0 Å². The fraction of sp³-hybridized carbons (Fsp3) is 0.529. The number of hydrogen-bond donors (Lipinski definition) is 1. The number of rotatable bonds is 3. The number of nitrogens with zero attached hydrogens (tertiary/aromatic N) is 4. The second-order valence-electron chi connectivity index (χ2n) is 6.93. The monoisotopic (exact) mass is 316 g/mol. The lowest BCUT2D eigenvalue weighted by Crippen LogP contribution is -2.43. The van der Waals surface area contributed by atoms with Crippen molar-refractivity contribution >= 4 is 16.8 Å². The molecule has 1 fully saturated rings. The smallest absolute Gasteiger partial charge is 0.275 e. The fourth-order valence-electron chi connectivity index (χ4n) is 3.43. The van der Waals surface area contributed by atoms with Gasteiger partial charge in [0.2, 0.25) is 0 Å². The minimum atomic E-state index is -0.834. The molecule has 3 rings (SSSR count). The Hall–Kier alpha value is -1.92. The van der Waals surface area contributed by atoms with E-state index in [-0.39, 0.29) is 5.91 Å². The molecule has 1 atom stereocenters. The van der Waals surface area contributed by atoms with Crippen molar-refractivity contribution < 1.29 is 9.90 Å². The molecule has 0 bridgehead atoms. The van der Waals surface area contributed by atoms with Crippen molar-refractivity contribution in [3.63, 3.8) is 0 Å². The van der Waals surface area contributed by atoms with Crippen molar-refractivity contribution in [3.8, 4) is 0 Å². The summed E-state index contributed by atoms with van der Waals surface area (Å²) >= 11 is 0. The van der Waals surface area contributed by atoms with E-state index in [0.29, 0.717) is 31.7 Å². The fourth-order valence-corrected chi connectivity index (χ4v) is 3.43. The number of carbonyl (C=O) groups is 1. The summed E-state index contributed by atoms with van der Waals surface area (Å²) in [7, 11) is 5.70. The first-order valence-electron chi connectivity index (χ1n) is 7.89. The summed E-state index contributed by atoms with van der Waals surface area (Å²) in [5, 5.41) is 15.9. The molecule has 0 spiro atoms. The third-order valence-electron chi connectivity index (χ3n) is 4.44. The van der Waals surface area contributed by atoms with E-state index in [1.54, 1.807) is 9.58 Å². The summed E-state index contributed by atoms with van der Waals surface area (Å²) in [6.45, 7) is 3.48. The summed E-state index contributed by atoms with van der Waals surface area (Å²) in [6, 6.07) is 6.00. The van der Waals surface area contributed by atoms with Crippen LogP contribution in [0, 0.1) is 6.92 Å². The van der Waals surface area contributed by atoms with Crippen LogP contribution in [-0.2, 0) is 7.05 Å². The number of benzene rings is 1. The first-order valence-corrected chi connectivity index (χ1v) is 7.89. The molecule has 1 aromatic carbocycles. The van der Waals surface area contributed by atoms with Crippen LogP contribution in [0.25, 0.3) is 10.9 Å². The number of carbonyl (C=O) groups excluding carboxylic acids is 1. The number of aromatic nitrogens is 2. The molecule has 1 N–H and O–H groups in total. The Kier molecular flexibility index (Phi) is 3.90. The second kappa shape index (κ2) is 5.62. The maximum atomic E-state index is 12.9. The number of likely N-dealkylation sites (tertiary alicyclic amines) is 1. The van der Waals surface area contributed by atoms with Crippen LogP contribution in [0.2, 0.25) is 0 Å². The third kappa shape index (κ3) is 2.96. The van der Waals surface area contributed by atoms with Gasteiger partial charge in [-0.25, -0.2) is 0 Å². The average molecular weight is 316 g/mol. The largest absolute Gasteiger partial charge is 0.387 e. The Morgan fingerprint density at radius 3 is 2.87 bits per heavy atom. The zero-order chi connectivity index (χ0) is 16.8. The van der Waals surface area contributed by atoms with E-state index in [1.807, 2.05) is 51.2 Å². The second-order valence-corrected chi connectivity index (χ2v) is 6.93. The van der Waals surface area contributed by atoms with E-state index in [0.717, 1.165) is 16.5 Å². The highest BCUT2D eigenvalue weighted by atomic mass is 16.3. The van der Waals surface area contributed by atoms with Crippen LogP contribution in [0.3, 0.4) is 0 Å². The minimum Gasteiger partial charge on any atom is -0.387 e. The van der Waals surface area contributed by atoms with Gasteiger partial charge in [0.15, 0.2) is 5.69 Å². The van der Waals surface area contributed by atoms with E-state index >= 15 is 0 Å². The van der Waals surface area contributed by atoms with E-state index < -0.39 is 5.60 Å². The van der Waals surface area contributed by atoms with Gasteiger partial charge in [0.25, 0.3) is 5.91 Å². The van der Waals surface area contributed by atoms with E-state index in [9.17, 15) is 9.90 Å². The molecule has 2 heterocycles. The first-order chi connectivity index (χ1) is 10.8. The molecule has 1 unspecified atom stereocenters. The Morgan fingerprint density at radius 2 is 2.17 bits per heavy atom. The van der Waals surface area contributed by atoms with Gasteiger partial charge in [-0.3, -0.25) is 9.48 Å². The SMILES string of the molecule is Cc1ccc2c(c1)c(C(=O)N1CCC(O)(CN(C)C)C1)nn2C. The summed E-state index contributed by atoms with van der Waals surface area (Å²) < 4.78 is 1.74. The van der Waals surface area contributed by atoms with Crippen LogP contribution in [0.4, 0.5) is 0 Å². The van der Waals surface area contributed by atoms with Crippen molar-refractivity contribution in [2.24, 2.45) is 7.05 Å². The zero-order valence-electron chi connectivity index (χ0n) is 14.2. The Morgan fingerprint density at radius 1 is 1.43 bits per heavy atom. The molecule has 1 aromatic heterocycles. The average Bonchev–Trinajstić information content (AvgIpc) is 2.98. The molecule has 124 valence electrons. The number of aliphatic hydroxyl groups is 1. The van der Waals surface area contributed by atoms with Crippen LogP contribution in [-0.4, -0.2) is 69.9 Å². The summed E-state index contributed by atoms with van der Waals surface area (Å²) in [4.78, 5) is 16.6. The molecular formula is C17H24N4O2. The molecule has 1 aliphatic rings. The Balaban J connectivity index is 1.89. The van der Waals surface area contributed by atoms with E-state index in [4.69, 9.17) is 0 Å². The Bertz CT molecular complexity index is 752. The molecule has 6 nitrogen and oxygen atoms in total. The van der Waals surface area contributed by atoms with Crippen LogP contribution in [0.1, 0.15) is 22.5 Å². The molecule has 1 saturated heterocycles. The van der Waals surface area contributed by atoms with Crippen molar-refractivity contribution in [3.05, 3.63) is 29.5 Å². The predicted molar refractivity (Wildman–Crippen MR) is 89.5 cm³/mol. The number of aryl methyl sites for hydroxylation is 2. The van der Waals surface area contributed by atoms with Crippen molar-refractivity contribution in [2.45, 2.75) is 18.9 Å². The molecule has 0 aliphatic carbocycles. The highest BCUT2D eigenvalue weighted by molar-refractivity contribution is 6.05. The molecule has 2 aromatic rings. The number of amides is 1. The standard InChI is InChI=1S/C17H24N4O2/c1-12-5-6-14-13(9-12)15(18-20(14)4)16(22)21-8-7-17(23,11-21)10-19(2)3/h5-6,9,23H,7-8,10-11H2,1-4H3. The van der Waals surface area contributed by atoms with Gasteiger partial charge in [-0.15, -0.1) is 0 Å².